The fourth-order valence-electron chi connectivity index (χ4n) is 1.56. The van der Waals surface area contributed by atoms with Crippen molar-refractivity contribution in [2.45, 2.75) is 26.2 Å². The van der Waals surface area contributed by atoms with E-state index in [0.717, 1.165) is 19.3 Å². The van der Waals surface area contributed by atoms with Crippen LogP contribution in [0.15, 0.2) is 29.3 Å². The first-order valence-electron chi connectivity index (χ1n) is 6.76. The van der Waals surface area contributed by atoms with E-state index in [0.29, 0.717) is 23.0 Å². The van der Waals surface area contributed by atoms with Crippen LogP contribution in [0.3, 0.4) is 0 Å². The van der Waals surface area contributed by atoms with Gasteiger partial charge in [0.05, 0.1) is 17.9 Å². The van der Waals surface area contributed by atoms with E-state index in [-0.39, 0.29) is 5.97 Å². The molecule has 112 valence electrons. The van der Waals surface area contributed by atoms with Crippen molar-refractivity contribution >= 4 is 28.6 Å². The third-order valence-electron chi connectivity index (χ3n) is 2.67. The van der Waals surface area contributed by atoms with Crippen molar-refractivity contribution in [1.29, 1.82) is 5.26 Å². The number of aliphatic imine (C=N–C) groups is 1. The monoisotopic (exact) mass is 305 g/mol. The molecule has 0 aliphatic heterocycles. The van der Waals surface area contributed by atoms with Crippen LogP contribution in [-0.2, 0) is 4.74 Å². The van der Waals surface area contributed by atoms with Crippen LogP contribution in [0.4, 0.5) is 5.69 Å². The molecular formula is C15H19N3O2S. The molecule has 0 saturated carbocycles. The third-order valence-corrected chi connectivity index (χ3v) is 3.25. The molecule has 0 fully saturated rings. The Kier molecular flexibility index (Phi) is 7.99. The van der Waals surface area contributed by atoms with E-state index >= 15 is 0 Å². The number of hydrogen-bond donors (Lipinski definition) is 1. The lowest BCUT2D eigenvalue weighted by Crippen LogP contribution is -2.12. The minimum absolute atomic E-state index is 0.318. The van der Waals surface area contributed by atoms with E-state index in [2.05, 4.69) is 17.2 Å². The molecule has 0 atom stereocenters. The molecule has 0 unspecified atom stereocenters. The predicted molar refractivity (Wildman–Crippen MR) is 85.6 cm³/mol. The molecule has 1 aromatic rings. The van der Waals surface area contributed by atoms with E-state index in [9.17, 15) is 4.79 Å². The Labute approximate surface area is 129 Å². The van der Waals surface area contributed by atoms with Gasteiger partial charge in [-0.3, -0.25) is 5.32 Å². The highest BCUT2D eigenvalue weighted by molar-refractivity contribution is 8.13. The minimum Gasteiger partial charge on any atom is -0.462 e. The SMILES string of the molecule is CCCCCOC(=O)c1ccc(N=C(NC#N)SC)cc1. The number of esters is 1. The van der Waals surface area contributed by atoms with E-state index in [1.54, 1.807) is 24.3 Å². The molecule has 0 amide bonds. The second-order valence-electron chi connectivity index (χ2n) is 4.25. The highest BCUT2D eigenvalue weighted by atomic mass is 32.2. The summed E-state index contributed by atoms with van der Waals surface area (Å²) in [5.41, 5.74) is 1.18. The van der Waals surface area contributed by atoms with Gasteiger partial charge in [0.1, 0.15) is 0 Å². The first-order chi connectivity index (χ1) is 10.2. The van der Waals surface area contributed by atoms with Crippen molar-refractivity contribution in [3.63, 3.8) is 0 Å². The zero-order valence-electron chi connectivity index (χ0n) is 12.3. The molecule has 1 rings (SSSR count). The van der Waals surface area contributed by atoms with E-state index in [1.165, 1.54) is 11.8 Å². The van der Waals surface area contributed by atoms with Crippen LogP contribution >= 0.6 is 11.8 Å². The van der Waals surface area contributed by atoms with Gasteiger partial charge in [-0.25, -0.2) is 9.79 Å². The van der Waals surface area contributed by atoms with Crippen molar-refractivity contribution in [2.75, 3.05) is 12.9 Å². The van der Waals surface area contributed by atoms with Crippen molar-refractivity contribution in [2.24, 2.45) is 4.99 Å². The summed E-state index contributed by atoms with van der Waals surface area (Å²) < 4.78 is 5.18. The summed E-state index contributed by atoms with van der Waals surface area (Å²) in [6.07, 6.45) is 6.70. The molecule has 6 heteroatoms. The van der Waals surface area contributed by atoms with Gasteiger partial charge in [0.2, 0.25) is 0 Å². The van der Waals surface area contributed by atoms with Gasteiger partial charge in [0.25, 0.3) is 0 Å². The maximum atomic E-state index is 11.8. The first-order valence-corrected chi connectivity index (χ1v) is 7.98. The molecule has 1 aromatic carbocycles. The van der Waals surface area contributed by atoms with Gasteiger partial charge in [-0.2, -0.15) is 5.26 Å². The number of ether oxygens (including phenoxy) is 1. The van der Waals surface area contributed by atoms with Crippen molar-refractivity contribution in [1.82, 2.24) is 5.32 Å². The van der Waals surface area contributed by atoms with Gasteiger partial charge in [0, 0.05) is 0 Å². The normalized spacial score (nSPS) is 10.8. The lowest BCUT2D eigenvalue weighted by molar-refractivity contribution is 0.0498. The highest BCUT2D eigenvalue weighted by Crippen LogP contribution is 2.15. The summed E-state index contributed by atoms with van der Waals surface area (Å²) in [5, 5.41) is 11.6. The molecule has 0 spiro atoms. The van der Waals surface area contributed by atoms with Crippen LogP contribution < -0.4 is 5.32 Å². The van der Waals surface area contributed by atoms with Crippen molar-refractivity contribution in [3.8, 4) is 6.19 Å². The summed E-state index contributed by atoms with van der Waals surface area (Å²) >= 11 is 1.34. The molecule has 0 aliphatic carbocycles. The zero-order chi connectivity index (χ0) is 15.5. The molecule has 0 aliphatic rings. The lowest BCUT2D eigenvalue weighted by Gasteiger charge is -2.05. The fraction of sp³-hybridized carbons (Fsp3) is 0.400. The van der Waals surface area contributed by atoms with Crippen LogP contribution in [0.2, 0.25) is 0 Å². The molecule has 0 aromatic heterocycles. The number of nitriles is 1. The van der Waals surface area contributed by atoms with Crippen LogP contribution in [-0.4, -0.2) is 24.0 Å². The highest BCUT2D eigenvalue weighted by Gasteiger charge is 2.06. The van der Waals surface area contributed by atoms with E-state index in [4.69, 9.17) is 10.00 Å². The van der Waals surface area contributed by atoms with Gasteiger partial charge in [-0.15, -0.1) is 0 Å². The van der Waals surface area contributed by atoms with Gasteiger partial charge in [0.15, 0.2) is 11.4 Å². The molecule has 5 nitrogen and oxygen atoms in total. The maximum Gasteiger partial charge on any atom is 0.338 e. The molecule has 0 saturated heterocycles. The molecular weight excluding hydrogens is 286 g/mol. The molecule has 21 heavy (non-hydrogen) atoms. The predicted octanol–water partition coefficient (Wildman–Crippen LogP) is 3.45. The van der Waals surface area contributed by atoms with E-state index in [1.807, 2.05) is 12.4 Å². The number of benzene rings is 1. The van der Waals surface area contributed by atoms with Crippen LogP contribution in [0.1, 0.15) is 36.5 Å². The number of hydrogen-bond acceptors (Lipinski definition) is 5. The number of carbonyl (C=O) groups is 1. The maximum absolute atomic E-state index is 11.8. The summed E-state index contributed by atoms with van der Waals surface area (Å²) in [4.78, 5) is 16.0. The Bertz CT molecular complexity index is 521. The Morgan fingerprint density at radius 1 is 1.38 bits per heavy atom. The standard InChI is InChI=1S/C15H19N3O2S/c1-3-4-5-10-20-14(19)12-6-8-13(9-7-12)18-15(21-2)17-11-16/h6-9H,3-5,10H2,1-2H3,(H,17,18). The van der Waals surface area contributed by atoms with Gasteiger partial charge >= 0.3 is 5.97 Å². The first kappa shape index (κ1) is 17.1. The van der Waals surface area contributed by atoms with Crippen LogP contribution in [0.25, 0.3) is 0 Å². The fourth-order valence-corrected chi connectivity index (χ4v) is 1.91. The summed E-state index contributed by atoms with van der Waals surface area (Å²) in [6.45, 7) is 2.56. The number of unbranched alkanes of at least 4 members (excludes halogenated alkanes) is 2. The average Bonchev–Trinajstić information content (AvgIpc) is 2.51. The number of carbonyl (C=O) groups excluding carboxylic acids is 1. The van der Waals surface area contributed by atoms with Crippen molar-refractivity contribution < 1.29 is 9.53 Å². The number of rotatable bonds is 6. The number of amidine groups is 1. The molecule has 1 N–H and O–H groups in total. The average molecular weight is 305 g/mol. The van der Waals surface area contributed by atoms with E-state index < -0.39 is 0 Å². The molecule has 0 bridgehead atoms. The van der Waals surface area contributed by atoms with Crippen molar-refractivity contribution in [3.05, 3.63) is 29.8 Å². The minimum atomic E-state index is -0.318. The quantitative estimate of drug-likeness (QED) is 0.217. The Morgan fingerprint density at radius 3 is 2.67 bits per heavy atom. The molecule has 0 heterocycles. The smallest absolute Gasteiger partial charge is 0.338 e. The number of thioether (sulfide) groups is 1. The lowest BCUT2D eigenvalue weighted by atomic mass is 10.2. The summed E-state index contributed by atoms with van der Waals surface area (Å²) in [6, 6.07) is 6.78. The summed E-state index contributed by atoms with van der Waals surface area (Å²) in [7, 11) is 0. The van der Waals surface area contributed by atoms with Gasteiger partial charge in [-0.05, 0) is 36.9 Å². The largest absolute Gasteiger partial charge is 0.462 e. The third kappa shape index (κ3) is 6.32. The number of nitrogens with one attached hydrogen (secondary N) is 1. The summed E-state index contributed by atoms with van der Waals surface area (Å²) in [5.74, 6) is -0.318. The Morgan fingerprint density at radius 2 is 2.10 bits per heavy atom. The van der Waals surface area contributed by atoms with Gasteiger partial charge in [-0.1, -0.05) is 31.5 Å². The molecule has 0 radical (unpaired) electrons. The van der Waals surface area contributed by atoms with Crippen LogP contribution in [0, 0.1) is 11.5 Å². The topological polar surface area (TPSA) is 74.5 Å². The van der Waals surface area contributed by atoms with Gasteiger partial charge < -0.3 is 4.74 Å². The van der Waals surface area contributed by atoms with Crippen LogP contribution in [0.5, 0.6) is 0 Å². The second kappa shape index (κ2) is 9.83. The Hall–Kier alpha value is -2.00. The number of nitrogens with zero attached hydrogens (tertiary/aromatic N) is 2. The second-order valence-corrected chi connectivity index (χ2v) is 5.04. The Balaban J connectivity index is 2.61. The zero-order valence-corrected chi connectivity index (χ0v) is 13.1.